The molecular weight excluding hydrogens is 533 g/mol. The molecule has 2 aromatic heterocycles. The summed E-state index contributed by atoms with van der Waals surface area (Å²) >= 11 is 8.12. The lowest BCUT2D eigenvalue weighted by molar-refractivity contribution is -0.116. The Bertz CT molecular complexity index is 1130. The first kappa shape index (κ1) is 22.7. The summed E-state index contributed by atoms with van der Waals surface area (Å²) in [5.74, 6) is -0.0339. The van der Waals surface area contributed by atoms with Crippen LogP contribution in [0.1, 0.15) is 46.7 Å². The van der Waals surface area contributed by atoms with Crippen molar-refractivity contribution in [2.75, 3.05) is 11.9 Å². The van der Waals surface area contributed by atoms with E-state index in [-0.39, 0.29) is 18.0 Å². The molecule has 1 amide bonds. The molecule has 2 atom stereocenters. The summed E-state index contributed by atoms with van der Waals surface area (Å²) in [5, 5.41) is 7.08. The van der Waals surface area contributed by atoms with Crippen LogP contribution in [0.25, 0.3) is 0 Å². The molecule has 1 fully saturated rings. The van der Waals surface area contributed by atoms with Crippen molar-refractivity contribution >= 4 is 51.5 Å². The van der Waals surface area contributed by atoms with Crippen LogP contribution in [-0.4, -0.2) is 32.4 Å². The number of rotatable bonds is 6. The fourth-order valence-electron chi connectivity index (χ4n) is 4.16. The third-order valence-electron chi connectivity index (χ3n) is 5.75. The fourth-order valence-corrected chi connectivity index (χ4v) is 5.35. The van der Waals surface area contributed by atoms with Crippen LogP contribution in [0.2, 0.25) is 0 Å². The summed E-state index contributed by atoms with van der Waals surface area (Å²) in [6.45, 7) is 6.70. The van der Waals surface area contributed by atoms with Gasteiger partial charge in [0.25, 0.3) is 0 Å². The Morgan fingerprint density at radius 2 is 1.91 bits per heavy atom. The van der Waals surface area contributed by atoms with E-state index in [2.05, 4.69) is 61.9 Å². The number of H-pyrrole nitrogens is 1. The molecule has 0 saturated carbocycles. The quantitative estimate of drug-likeness (QED) is 0.295. The van der Waals surface area contributed by atoms with E-state index in [0.717, 1.165) is 28.3 Å². The number of nitrogens with zero attached hydrogens (tertiary/aromatic N) is 2. The molecule has 4 rings (SSSR count). The smallest absolute Gasteiger partial charge is 0.226 e. The Morgan fingerprint density at radius 1 is 1.16 bits per heavy atom. The summed E-state index contributed by atoms with van der Waals surface area (Å²) in [4.78, 5) is 22.8. The van der Waals surface area contributed by atoms with Crippen molar-refractivity contribution in [3.8, 4) is 0 Å². The maximum absolute atomic E-state index is 12.7. The number of amides is 1. The van der Waals surface area contributed by atoms with E-state index in [0.29, 0.717) is 18.1 Å². The lowest BCUT2D eigenvalue weighted by Crippen LogP contribution is -2.33. The molecular formula is C24H26IN5OS. The second kappa shape index (κ2) is 9.58. The molecule has 0 spiro atoms. The van der Waals surface area contributed by atoms with E-state index in [1.54, 1.807) is 6.20 Å². The van der Waals surface area contributed by atoms with Crippen molar-refractivity contribution in [2.45, 2.75) is 39.3 Å². The minimum Gasteiger partial charge on any atom is -0.362 e. The molecule has 3 heterocycles. The van der Waals surface area contributed by atoms with E-state index in [9.17, 15) is 4.79 Å². The van der Waals surface area contributed by atoms with Gasteiger partial charge in [-0.2, -0.15) is 0 Å². The number of aryl methyl sites for hydroxylation is 3. The molecule has 32 heavy (non-hydrogen) atoms. The number of benzene rings is 1. The first-order valence-electron chi connectivity index (χ1n) is 10.5. The molecule has 8 heteroatoms. The number of carbonyl (C=O) groups excluding carboxylic acids is 1. The molecule has 166 valence electrons. The van der Waals surface area contributed by atoms with Gasteiger partial charge in [-0.1, -0.05) is 23.8 Å². The zero-order valence-electron chi connectivity index (χ0n) is 18.3. The summed E-state index contributed by atoms with van der Waals surface area (Å²) in [6.07, 6.45) is 2.13. The number of carbonyl (C=O) groups is 1. The molecule has 3 N–H and O–H groups in total. The topological polar surface area (TPSA) is 73.1 Å². The lowest BCUT2D eigenvalue weighted by atomic mass is 9.96. The van der Waals surface area contributed by atoms with Crippen molar-refractivity contribution in [3.63, 3.8) is 0 Å². The summed E-state index contributed by atoms with van der Waals surface area (Å²) in [7, 11) is 0. The van der Waals surface area contributed by atoms with E-state index in [1.807, 2.05) is 49.4 Å². The van der Waals surface area contributed by atoms with Crippen molar-refractivity contribution in [1.29, 1.82) is 0 Å². The van der Waals surface area contributed by atoms with Crippen LogP contribution >= 0.6 is 34.8 Å². The Labute approximate surface area is 207 Å². The van der Waals surface area contributed by atoms with Gasteiger partial charge < -0.3 is 20.5 Å². The number of nitrogens with one attached hydrogen (secondary N) is 3. The van der Waals surface area contributed by atoms with Crippen molar-refractivity contribution in [3.05, 3.63) is 80.4 Å². The summed E-state index contributed by atoms with van der Waals surface area (Å²) in [6, 6.07) is 13.6. The maximum atomic E-state index is 12.7. The molecule has 1 aliphatic heterocycles. The number of aromatic amines is 1. The van der Waals surface area contributed by atoms with Gasteiger partial charge in [0.15, 0.2) is 5.11 Å². The van der Waals surface area contributed by atoms with Gasteiger partial charge in [0.2, 0.25) is 5.91 Å². The molecule has 1 aromatic carbocycles. The van der Waals surface area contributed by atoms with E-state index in [1.165, 1.54) is 9.13 Å². The summed E-state index contributed by atoms with van der Waals surface area (Å²) < 4.78 is 1.19. The highest BCUT2D eigenvalue weighted by molar-refractivity contribution is 14.1. The van der Waals surface area contributed by atoms with Gasteiger partial charge in [0.05, 0.1) is 17.8 Å². The number of halogens is 1. The highest BCUT2D eigenvalue weighted by Gasteiger charge is 2.42. The van der Waals surface area contributed by atoms with Crippen molar-refractivity contribution in [1.82, 2.24) is 20.2 Å². The number of anilines is 1. The lowest BCUT2D eigenvalue weighted by Gasteiger charge is -2.28. The van der Waals surface area contributed by atoms with E-state index >= 15 is 0 Å². The molecule has 3 aromatic rings. The van der Waals surface area contributed by atoms with Crippen LogP contribution in [0, 0.1) is 24.3 Å². The molecule has 0 bridgehead atoms. The third kappa shape index (κ3) is 4.66. The van der Waals surface area contributed by atoms with Gasteiger partial charge in [0.1, 0.15) is 0 Å². The van der Waals surface area contributed by atoms with Gasteiger partial charge in [-0.05, 0) is 79.8 Å². The largest absolute Gasteiger partial charge is 0.362 e. The zero-order valence-corrected chi connectivity index (χ0v) is 21.3. The average molecular weight is 559 g/mol. The fraction of sp³-hybridized carbons (Fsp3) is 0.292. The minimum absolute atomic E-state index is 0.0339. The van der Waals surface area contributed by atoms with E-state index < -0.39 is 0 Å². The van der Waals surface area contributed by atoms with Crippen LogP contribution < -0.4 is 10.6 Å². The molecule has 1 aliphatic rings. The van der Waals surface area contributed by atoms with Gasteiger partial charge in [0, 0.05) is 45.4 Å². The van der Waals surface area contributed by atoms with Gasteiger partial charge in [-0.3, -0.25) is 9.78 Å². The highest BCUT2D eigenvalue weighted by atomic mass is 127. The second-order valence-electron chi connectivity index (χ2n) is 8.09. The van der Waals surface area contributed by atoms with Crippen LogP contribution in [0.15, 0.2) is 48.7 Å². The first-order valence-corrected chi connectivity index (χ1v) is 12.0. The Balaban J connectivity index is 1.58. The van der Waals surface area contributed by atoms with E-state index in [4.69, 9.17) is 12.2 Å². The SMILES string of the molecule is Cc1ccc(NC(=O)CCN2C(=S)N[C@H](c3ccccn3)[C@@H]2c2c(C)[nH]c(C)c2I)cc1. The predicted octanol–water partition coefficient (Wildman–Crippen LogP) is 4.94. The third-order valence-corrected chi connectivity index (χ3v) is 7.50. The molecule has 1 saturated heterocycles. The minimum atomic E-state index is -0.0914. The highest BCUT2D eigenvalue weighted by Crippen LogP contribution is 2.42. The molecule has 0 radical (unpaired) electrons. The van der Waals surface area contributed by atoms with Crippen molar-refractivity contribution < 1.29 is 4.79 Å². The predicted molar refractivity (Wildman–Crippen MR) is 140 cm³/mol. The van der Waals surface area contributed by atoms with Crippen LogP contribution in [-0.2, 0) is 4.79 Å². The maximum Gasteiger partial charge on any atom is 0.226 e. The Morgan fingerprint density at radius 3 is 2.53 bits per heavy atom. The van der Waals surface area contributed by atoms with Gasteiger partial charge in [-0.15, -0.1) is 0 Å². The van der Waals surface area contributed by atoms with Gasteiger partial charge in [-0.25, -0.2) is 0 Å². The number of hydrogen-bond donors (Lipinski definition) is 3. The molecule has 0 unspecified atom stereocenters. The normalized spacial score (nSPS) is 18.0. The zero-order chi connectivity index (χ0) is 22.8. The summed E-state index contributed by atoms with van der Waals surface area (Å²) in [5.41, 5.74) is 6.33. The number of hydrogen-bond acceptors (Lipinski definition) is 3. The average Bonchev–Trinajstić information content (AvgIpc) is 3.23. The van der Waals surface area contributed by atoms with Crippen LogP contribution in [0.4, 0.5) is 5.69 Å². The molecule has 6 nitrogen and oxygen atoms in total. The Kier molecular flexibility index (Phi) is 6.80. The van der Waals surface area contributed by atoms with Gasteiger partial charge >= 0.3 is 0 Å². The van der Waals surface area contributed by atoms with Crippen LogP contribution in [0.3, 0.4) is 0 Å². The van der Waals surface area contributed by atoms with Crippen molar-refractivity contribution in [2.24, 2.45) is 0 Å². The number of thiocarbonyl (C=S) groups is 1. The monoisotopic (exact) mass is 559 g/mol. The second-order valence-corrected chi connectivity index (χ2v) is 9.55. The number of pyridine rings is 1. The Hall–Kier alpha value is -2.46. The molecule has 0 aliphatic carbocycles. The standard InChI is InChI=1S/C24H26IN5OS/c1-14-7-9-17(10-8-14)28-19(31)11-13-30-23(20-15(2)27-16(3)21(20)25)22(29-24(30)32)18-6-4-5-12-26-18/h4-10,12,22-23,27H,11,13H2,1-3H3,(H,28,31)(H,29,32)/t22-,23+/m1/s1. The van der Waals surface area contributed by atoms with Crippen LogP contribution in [0.5, 0.6) is 0 Å². The number of aromatic nitrogens is 2. The first-order chi connectivity index (χ1) is 15.3.